The lowest BCUT2D eigenvalue weighted by atomic mass is 10.2. The molecular formula is C11H18NS+. The second kappa shape index (κ2) is 2.89. The minimum Gasteiger partial charge on any atom is -0.294 e. The van der Waals surface area contributed by atoms with Crippen LogP contribution in [0.4, 0.5) is 0 Å². The van der Waals surface area contributed by atoms with Crippen molar-refractivity contribution in [2.24, 2.45) is 0 Å². The van der Waals surface area contributed by atoms with Crippen molar-refractivity contribution in [3.8, 4) is 0 Å². The molecule has 0 saturated carbocycles. The molecule has 2 rings (SSSR count). The zero-order valence-electron chi connectivity index (χ0n) is 8.98. The monoisotopic (exact) mass is 196 g/mol. The number of thioether (sulfide) groups is 1. The van der Waals surface area contributed by atoms with Gasteiger partial charge in [-0.25, -0.2) is 0 Å². The van der Waals surface area contributed by atoms with Crippen LogP contribution in [0, 0.1) is 0 Å². The Labute approximate surface area is 85.1 Å². The van der Waals surface area contributed by atoms with Gasteiger partial charge < -0.3 is 0 Å². The van der Waals surface area contributed by atoms with Crippen LogP contribution < -0.4 is 0 Å². The number of quaternary nitrogens is 1. The Balaban J connectivity index is 2.48. The lowest BCUT2D eigenvalue weighted by molar-refractivity contribution is -0.848. The molecule has 0 spiro atoms. The van der Waals surface area contributed by atoms with E-state index in [1.807, 2.05) is 0 Å². The fourth-order valence-corrected chi connectivity index (χ4v) is 4.06. The average molecular weight is 196 g/mol. The van der Waals surface area contributed by atoms with Gasteiger partial charge in [0.15, 0.2) is 0 Å². The molecule has 0 bridgehead atoms. The number of hydrogen-bond donors (Lipinski definition) is 0. The van der Waals surface area contributed by atoms with Crippen molar-refractivity contribution in [3.63, 3.8) is 0 Å². The molecule has 1 fully saturated rings. The fraction of sp³-hybridized carbons (Fsp3) is 0.636. The third kappa shape index (κ3) is 1.36. The molecule has 1 heterocycles. The third-order valence-electron chi connectivity index (χ3n) is 3.04. The number of rotatable bonds is 0. The van der Waals surface area contributed by atoms with Crippen molar-refractivity contribution < 1.29 is 4.48 Å². The van der Waals surface area contributed by atoms with Gasteiger partial charge in [-0.1, -0.05) is 0 Å². The Kier molecular flexibility index (Phi) is 2.08. The Morgan fingerprint density at radius 3 is 2.46 bits per heavy atom. The second-order valence-electron chi connectivity index (χ2n) is 4.67. The standard InChI is InChI=1S/C11H18NS/c1-8-7-9(2)11-10(8)12(3,4)5-6-13-11/h5-7H2,1-4H3/q+1. The van der Waals surface area contributed by atoms with Gasteiger partial charge in [0.1, 0.15) is 5.70 Å². The number of hydrogen-bond acceptors (Lipinski definition) is 1. The molecule has 0 radical (unpaired) electrons. The minimum absolute atomic E-state index is 1.09. The molecule has 0 aromatic carbocycles. The van der Waals surface area contributed by atoms with Crippen LogP contribution in [-0.4, -0.2) is 30.9 Å². The summed E-state index contributed by atoms with van der Waals surface area (Å²) in [6.45, 7) is 5.84. The van der Waals surface area contributed by atoms with Crippen molar-refractivity contribution in [2.75, 3.05) is 26.4 Å². The van der Waals surface area contributed by atoms with Crippen LogP contribution in [0.2, 0.25) is 0 Å². The van der Waals surface area contributed by atoms with Gasteiger partial charge in [-0.15, -0.1) is 11.8 Å². The highest BCUT2D eigenvalue weighted by Gasteiger charge is 2.36. The maximum atomic E-state index is 2.33. The zero-order chi connectivity index (χ0) is 9.64. The van der Waals surface area contributed by atoms with E-state index in [0.29, 0.717) is 0 Å². The Morgan fingerprint density at radius 1 is 1.15 bits per heavy atom. The zero-order valence-corrected chi connectivity index (χ0v) is 9.79. The molecule has 0 amide bonds. The number of likely N-dealkylation sites (N-methyl/N-ethyl adjacent to an activating group) is 1. The van der Waals surface area contributed by atoms with E-state index in [1.165, 1.54) is 18.7 Å². The number of fused-ring (bicyclic) bond motifs is 1. The summed E-state index contributed by atoms with van der Waals surface area (Å²) in [5.41, 5.74) is 4.78. The van der Waals surface area contributed by atoms with Crippen LogP contribution in [0.1, 0.15) is 20.3 Å². The Hall–Kier alpha value is -0.210. The minimum atomic E-state index is 1.09. The van der Waals surface area contributed by atoms with Crippen LogP contribution in [0.5, 0.6) is 0 Å². The van der Waals surface area contributed by atoms with E-state index in [-0.39, 0.29) is 0 Å². The summed E-state index contributed by atoms with van der Waals surface area (Å²) in [7, 11) is 4.66. The first-order chi connectivity index (χ1) is 6.02. The van der Waals surface area contributed by atoms with Gasteiger partial charge in [-0.2, -0.15) is 0 Å². The van der Waals surface area contributed by atoms with Crippen LogP contribution in [-0.2, 0) is 0 Å². The molecule has 0 aromatic heterocycles. The van der Waals surface area contributed by atoms with E-state index in [0.717, 1.165) is 4.48 Å². The van der Waals surface area contributed by atoms with Gasteiger partial charge in [-0.3, -0.25) is 4.48 Å². The van der Waals surface area contributed by atoms with Crippen LogP contribution in [0.15, 0.2) is 21.7 Å². The maximum absolute atomic E-state index is 2.33. The fourth-order valence-electron chi connectivity index (χ4n) is 2.43. The predicted octanol–water partition coefficient (Wildman–Crippen LogP) is 2.76. The molecule has 13 heavy (non-hydrogen) atoms. The van der Waals surface area contributed by atoms with E-state index in [9.17, 15) is 0 Å². The SMILES string of the molecule is CC1=C2SCC[N+](C)(C)C2=C(C)C1. The quantitative estimate of drug-likeness (QED) is 0.537. The molecule has 0 atom stereocenters. The predicted molar refractivity (Wildman–Crippen MR) is 59.5 cm³/mol. The molecule has 1 aliphatic heterocycles. The normalized spacial score (nSPS) is 26.8. The molecule has 0 aromatic rings. The summed E-state index contributed by atoms with van der Waals surface area (Å²) < 4.78 is 1.09. The van der Waals surface area contributed by atoms with Gasteiger partial charge in [0.2, 0.25) is 0 Å². The molecule has 0 unspecified atom stereocenters. The average Bonchev–Trinajstić information content (AvgIpc) is 2.27. The topological polar surface area (TPSA) is 0 Å². The highest BCUT2D eigenvalue weighted by Crippen LogP contribution is 2.45. The van der Waals surface area contributed by atoms with Crippen molar-refractivity contribution >= 4 is 11.8 Å². The lowest BCUT2D eigenvalue weighted by Gasteiger charge is -2.36. The highest BCUT2D eigenvalue weighted by atomic mass is 32.2. The number of allylic oxidation sites excluding steroid dienone is 2. The van der Waals surface area contributed by atoms with E-state index < -0.39 is 0 Å². The summed E-state index contributed by atoms with van der Waals surface area (Å²) in [6, 6.07) is 0. The van der Waals surface area contributed by atoms with Gasteiger partial charge in [0, 0.05) is 5.75 Å². The molecule has 0 N–H and O–H groups in total. The molecule has 1 nitrogen and oxygen atoms in total. The summed E-state index contributed by atoms with van der Waals surface area (Å²) in [6.07, 6.45) is 1.21. The van der Waals surface area contributed by atoms with Crippen molar-refractivity contribution in [1.82, 2.24) is 0 Å². The largest absolute Gasteiger partial charge is 0.294 e. The van der Waals surface area contributed by atoms with Gasteiger partial charge in [-0.05, 0) is 31.4 Å². The summed E-state index contributed by atoms with van der Waals surface area (Å²) in [5.74, 6) is 1.27. The summed E-state index contributed by atoms with van der Waals surface area (Å²) in [4.78, 5) is 1.59. The maximum Gasteiger partial charge on any atom is 0.145 e. The first kappa shape index (κ1) is 9.35. The second-order valence-corrected chi connectivity index (χ2v) is 5.78. The number of nitrogens with zero attached hydrogens (tertiary/aromatic N) is 1. The van der Waals surface area contributed by atoms with Crippen LogP contribution in [0.25, 0.3) is 0 Å². The van der Waals surface area contributed by atoms with E-state index in [4.69, 9.17) is 0 Å². The van der Waals surface area contributed by atoms with Crippen LogP contribution in [0.3, 0.4) is 0 Å². The molecule has 2 aliphatic rings. The summed E-state index contributed by atoms with van der Waals surface area (Å²) >= 11 is 2.05. The van der Waals surface area contributed by atoms with Crippen molar-refractivity contribution in [2.45, 2.75) is 20.3 Å². The van der Waals surface area contributed by atoms with Crippen LogP contribution >= 0.6 is 11.8 Å². The third-order valence-corrected chi connectivity index (χ3v) is 4.26. The smallest absolute Gasteiger partial charge is 0.145 e. The Bertz CT molecular complexity index is 310. The highest BCUT2D eigenvalue weighted by molar-refractivity contribution is 8.03. The van der Waals surface area contributed by atoms with Gasteiger partial charge in [0.25, 0.3) is 0 Å². The van der Waals surface area contributed by atoms with Gasteiger partial charge in [0.05, 0.1) is 25.5 Å². The van der Waals surface area contributed by atoms with Crippen molar-refractivity contribution in [1.29, 1.82) is 0 Å². The van der Waals surface area contributed by atoms with E-state index in [2.05, 4.69) is 39.7 Å². The molecule has 72 valence electrons. The van der Waals surface area contributed by atoms with Gasteiger partial charge >= 0.3 is 0 Å². The molecule has 1 aliphatic carbocycles. The molecular weight excluding hydrogens is 178 g/mol. The van der Waals surface area contributed by atoms with Crippen molar-refractivity contribution in [3.05, 3.63) is 21.7 Å². The lowest BCUT2D eigenvalue weighted by Crippen LogP contribution is -2.43. The first-order valence-corrected chi connectivity index (χ1v) is 5.87. The first-order valence-electron chi connectivity index (χ1n) is 4.88. The van der Waals surface area contributed by atoms with E-state index >= 15 is 0 Å². The molecule has 1 saturated heterocycles. The molecule has 2 heteroatoms. The summed E-state index contributed by atoms with van der Waals surface area (Å²) in [5, 5.41) is 0. The van der Waals surface area contributed by atoms with E-state index in [1.54, 1.807) is 21.7 Å². The Morgan fingerprint density at radius 2 is 1.85 bits per heavy atom.